The van der Waals surface area contributed by atoms with Gasteiger partial charge in [0, 0.05) is 5.02 Å². The van der Waals surface area contributed by atoms with Crippen molar-refractivity contribution in [3.63, 3.8) is 0 Å². The summed E-state index contributed by atoms with van der Waals surface area (Å²) in [4.78, 5) is 27.3. The molecular formula is C26H21ClN2O2S. The third-order valence-corrected chi connectivity index (χ3v) is 5.72. The molecule has 4 nitrogen and oxygen atoms in total. The molecule has 0 saturated carbocycles. The van der Waals surface area contributed by atoms with Gasteiger partial charge in [-0.05, 0) is 79.5 Å². The minimum atomic E-state index is -0.524. The summed E-state index contributed by atoms with van der Waals surface area (Å²) in [6.07, 6.45) is 2.24. The van der Waals surface area contributed by atoms with E-state index in [1.807, 2.05) is 30.3 Å². The largest absolute Gasteiger partial charge is 0.298 e. The summed E-state index contributed by atoms with van der Waals surface area (Å²) in [5, 5.41) is 3.21. The fraction of sp³-hybridized carbons (Fsp3) is 0.115. The number of amides is 2. The molecule has 1 heterocycles. The third-order valence-electron chi connectivity index (χ3n) is 5.20. The highest BCUT2D eigenvalue weighted by atomic mass is 35.5. The van der Waals surface area contributed by atoms with Crippen LogP contribution in [0.5, 0.6) is 0 Å². The number of halogens is 1. The summed E-state index contributed by atoms with van der Waals surface area (Å²) < 4.78 is 0. The van der Waals surface area contributed by atoms with E-state index in [-0.39, 0.29) is 10.7 Å². The van der Waals surface area contributed by atoms with Crippen LogP contribution in [0.3, 0.4) is 0 Å². The fourth-order valence-electron chi connectivity index (χ4n) is 3.88. The van der Waals surface area contributed by atoms with Gasteiger partial charge in [0.2, 0.25) is 0 Å². The van der Waals surface area contributed by atoms with Crippen molar-refractivity contribution < 1.29 is 9.59 Å². The molecule has 1 aliphatic heterocycles. The summed E-state index contributed by atoms with van der Waals surface area (Å²) >= 11 is 11.5. The molecule has 0 spiro atoms. The number of hydrogen-bond acceptors (Lipinski definition) is 3. The Morgan fingerprint density at radius 2 is 1.66 bits per heavy atom. The number of carbonyl (C=O) groups excluding carboxylic acids is 2. The molecule has 0 radical (unpaired) electrons. The van der Waals surface area contributed by atoms with Crippen molar-refractivity contribution in [3.8, 4) is 0 Å². The smallest absolute Gasteiger partial charge is 0.270 e. The second-order valence-corrected chi connectivity index (χ2v) is 8.63. The van der Waals surface area contributed by atoms with E-state index < -0.39 is 11.8 Å². The van der Waals surface area contributed by atoms with Crippen LogP contribution in [0.15, 0.2) is 72.3 Å². The lowest BCUT2D eigenvalue weighted by molar-refractivity contribution is -0.122. The first-order valence-electron chi connectivity index (χ1n) is 10.1. The topological polar surface area (TPSA) is 49.4 Å². The van der Waals surface area contributed by atoms with Crippen LogP contribution < -0.4 is 10.2 Å². The first-order valence-corrected chi connectivity index (χ1v) is 10.9. The molecule has 1 saturated heterocycles. The lowest BCUT2D eigenvalue weighted by atomic mass is 9.95. The van der Waals surface area contributed by atoms with E-state index in [4.69, 9.17) is 23.8 Å². The van der Waals surface area contributed by atoms with Crippen molar-refractivity contribution in [1.82, 2.24) is 5.32 Å². The number of anilines is 1. The van der Waals surface area contributed by atoms with Crippen LogP contribution in [-0.4, -0.2) is 16.9 Å². The molecule has 0 aliphatic carbocycles. The lowest BCUT2D eigenvalue weighted by Gasteiger charge is -2.29. The molecule has 1 fully saturated rings. The molecule has 160 valence electrons. The van der Waals surface area contributed by atoms with Gasteiger partial charge in [0.15, 0.2) is 5.11 Å². The van der Waals surface area contributed by atoms with E-state index >= 15 is 0 Å². The van der Waals surface area contributed by atoms with E-state index in [9.17, 15) is 9.59 Å². The Morgan fingerprint density at radius 1 is 0.969 bits per heavy atom. The van der Waals surface area contributed by atoms with E-state index in [1.165, 1.54) is 16.0 Å². The Morgan fingerprint density at radius 3 is 2.34 bits per heavy atom. The van der Waals surface area contributed by atoms with Crippen LogP contribution in [-0.2, 0) is 16.0 Å². The summed E-state index contributed by atoms with van der Waals surface area (Å²) in [6, 6.07) is 20.9. The van der Waals surface area contributed by atoms with Crippen LogP contribution in [0.4, 0.5) is 5.69 Å². The third kappa shape index (κ3) is 4.64. The van der Waals surface area contributed by atoms with Crippen LogP contribution >= 0.6 is 23.8 Å². The number of benzene rings is 3. The molecular weight excluding hydrogens is 440 g/mol. The predicted molar refractivity (Wildman–Crippen MR) is 133 cm³/mol. The van der Waals surface area contributed by atoms with Gasteiger partial charge in [0.05, 0.1) is 5.69 Å². The van der Waals surface area contributed by atoms with Crippen LogP contribution in [0.2, 0.25) is 5.02 Å². The highest BCUT2D eigenvalue weighted by Gasteiger charge is 2.34. The number of thiocarbonyl (C=S) groups is 1. The number of aryl methyl sites for hydroxylation is 2. The van der Waals surface area contributed by atoms with Gasteiger partial charge < -0.3 is 0 Å². The SMILES string of the molecule is Cc1cc(C)cc(Cc2ccc(Cl)cc2/C=C2/C(=O)NC(=S)N(c3ccccc3)C2=O)c1. The number of rotatable bonds is 4. The summed E-state index contributed by atoms with van der Waals surface area (Å²) in [5.74, 6) is -0.994. The van der Waals surface area contributed by atoms with Crippen molar-refractivity contribution in [1.29, 1.82) is 0 Å². The highest BCUT2D eigenvalue weighted by Crippen LogP contribution is 2.26. The maximum absolute atomic E-state index is 13.3. The minimum Gasteiger partial charge on any atom is -0.298 e. The Bertz CT molecular complexity index is 1250. The zero-order valence-electron chi connectivity index (χ0n) is 17.7. The standard InChI is InChI=1S/C26H21ClN2O2S/c1-16-10-17(2)12-18(11-16)13-19-8-9-21(27)14-20(19)15-23-24(30)28-26(32)29(25(23)31)22-6-4-3-5-7-22/h3-12,14-15H,13H2,1-2H3,(H,28,30,32)/b23-15-. The Balaban J connectivity index is 1.75. The molecule has 0 aromatic heterocycles. The molecule has 4 rings (SSSR count). The summed E-state index contributed by atoms with van der Waals surface area (Å²) in [7, 11) is 0. The van der Waals surface area contributed by atoms with Gasteiger partial charge in [-0.15, -0.1) is 0 Å². The number of nitrogens with one attached hydrogen (secondary N) is 1. The minimum absolute atomic E-state index is 0.00592. The molecule has 32 heavy (non-hydrogen) atoms. The molecule has 3 aromatic carbocycles. The molecule has 0 atom stereocenters. The Labute approximate surface area is 197 Å². The average Bonchev–Trinajstić information content (AvgIpc) is 2.73. The summed E-state index contributed by atoms with van der Waals surface area (Å²) in [5.41, 5.74) is 5.80. The zero-order valence-corrected chi connectivity index (χ0v) is 19.3. The Kier molecular flexibility index (Phi) is 6.21. The first-order chi connectivity index (χ1) is 15.3. The molecule has 3 aromatic rings. The number of nitrogens with zero attached hydrogens (tertiary/aromatic N) is 1. The van der Waals surface area contributed by atoms with Gasteiger partial charge in [-0.2, -0.15) is 0 Å². The van der Waals surface area contributed by atoms with Crippen molar-refractivity contribution in [3.05, 3.63) is 105 Å². The predicted octanol–water partition coefficient (Wildman–Crippen LogP) is 5.38. The molecule has 0 bridgehead atoms. The van der Waals surface area contributed by atoms with Gasteiger partial charge >= 0.3 is 0 Å². The second-order valence-electron chi connectivity index (χ2n) is 7.81. The van der Waals surface area contributed by atoms with E-state index in [0.717, 1.165) is 16.7 Å². The molecule has 1 N–H and O–H groups in total. The van der Waals surface area contributed by atoms with Crippen LogP contribution in [0.1, 0.15) is 27.8 Å². The normalized spacial score (nSPS) is 15.3. The van der Waals surface area contributed by atoms with Crippen molar-refractivity contribution in [2.24, 2.45) is 0 Å². The second kappa shape index (κ2) is 9.07. The van der Waals surface area contributed by atoms with E-state index in [1.54, 1.807) is 24.3 Å². The number of hydrogen-bond donors (Lipinski definition) is 1. The maximum atomic E-state index is 13.3. The van der Waals surface area contributed by atoms with Crippen molar-refractivity contribution in [2.45, 2.75) is 20.3 Å². The highest BCUT2D eigenvalue weighted by molar-refractivity contribution is 7.80. The van der Waals surface area contributed by atoms with Gasteiger partial charge in [-0.3, -0.25) is 19.8 Å². The Hall–Kier alpha value is -3.28. The fourth-order valence-corrected chi connectivity index (χ4v) is 4.34. The maximum Gasteiger partial charge on any atom is 0.270 e. The van der Waals surface area contributed by atoms with Gasteiger partial charge in [-0.25, -0.2) is 0 Å². The number of carbonyl (C=O) groups is 2. The van der Waals surface area contributed by atoms with Crippen LogP contribution in [0, 0.1) is 13.8 Å². The summed E-state index contributed by atoms with van der Waals surface area (Å²) in [6.45, 7) is 4.13. The zero-order chi connectivity index (χ0) is 22.8. The van der Waals surface area contributed by atoms with Crippen molar-refractivity contribution in [2.75, 3.05) is 4.90 Å². The van der Waals surface area contributed by atoms with Gasteiger partial charge in [-0.1, -0.05) is 65.2 Å². The molecule has 1 aliphatic rings. The number of para-hydroxylation sites is 1. The first kappa shape index (κ1) is 21.9. The average molecular weight is 461 g/mol. The molecule has 6 heteroatoms. The van der Waals surface area contributed by atoms with Crippen molar-refractivity contribution >= 4 is 52.5 Å². The monoisotopic (exact) mass is 460 g/mol. The van der Waals surface area contributed by atoms with Crippen LogP contribution in [0.25, 0.3) is 6.08 Å². The molecule has 0 unspecified atom stereocenters. The quantitative estimate of drug-likeness (QED) is 0.323. The molecule has 2 amide bonds. The van der Waals surface area contributed by atoms with Gasteiger partial charge in [0.25, 0.3) is 11.8 Å². The van der Waals surface area contributed by atoms with E-state index in [2.05, 4.69) is 37.4 Å². The van der Waals surface area contributed by atoms with E-state index in [0.29, 0.717) is 17.1 Å². The lowest BCUT2D eigenvalue weighted by Crippen LogP contribution is -2.54. The van der Waals surface area contributed by atoms with Gasteiger partial charge in [0.1, 0.15) is 5.57 Å².